The Labute approximate surface area is 159 Å². The van der Waals surface area contributed by atoms with Gasteiger partial charge in [-0.3, -0.25) is 14.5 Å². The molecule has 1 fully saturated rings. The van der Waals surface area contributed by atoms with Crippen LogP contribution in [0.15, 0.2) is 11.4 Å². The summed E-state index contributed by atoms with van der Waals surface area (Å²) in [5.74, 6) is -0.0227. The van der Waals surface area contributed by atoms with Crippen LogP contribution in [0.25, 0.3) is 0 Å². The first kappa shape index (κ1) is 20.4. The van der Waals surface area contributed by atoms with E-state index in [2.05, 4.69) is 26.5 Å². The van der Waals surface area contributed by atoms with E-state index in [0.29, 0.717) is 30.1 Å². The predicted octanol–water partition coefficient (Wildman–Crippen LogP) is 1.48. The van der Waals surface area contributed by atoms with Crippen molar-refractivity contribution in [1.82, 2.24) is 15.1 Å². The summed E-state index contributed by atoms with van der Waals surface area (Å²) in [7, 11) is 0. The van der Waals surface area contributed by atoms with Crippen LogP contribution in [-0.4, -0.2) is 66.4 Å². The van der Waals surface area contributed by atoms with E-state index in [-0.39, 0.29) is 17.4 Å². The smallest absolute Gasteiger partial charge is 0.234 e. The van der Waals surface area contributed by atoms with Gasteiger partial charge in [0.05, 0.1) is 12.1 Å². The van der Waals surface area contributed by atoms with Crippen molar-refractivity contribution in [2.24, 2.45) is 0 Å². The van der Waals surface area contributed by atoms with Crippen molar-refractivity contribution < 1.29 is 9.59 Å². The topological polar surface area (TPSA) is 88.5 Å². The molecule has 0 bridgehead atoms. The second kappa shape index (κ2) is 9.12. The van der Waals surface area contributed by atoms with Crippen molar-refractivity contribution >= 4 is 28.2 Å². The first-order valence-corrected chi connectivity index (χ1v) is 9.68. The minimum atomic E-state index is -0.208. The van der Waals surface area contributed by atoms with Gasteiger partial charge in [0.25, 0.3) is 0 Å². The highest BCUT2D eigenvalue weighted by molar-refractivity contribution is 7.14. The third-order valence-corrected chi connectivity index (χ3v) is 4.87. The first-order valence-electron chi connectivity index (χ1n) is 8.80. The molecule has 1 aromatic rings. The fraction of sp³-hybridized carbons (Fsp3) is 0.611. The number of piperazine rings is 1. The molecule has 0 aliphatic carbocycles. The van der Waals surface area contributed by atoms with Crippen molar-refractivity contribution in [3.63, 3.8) is 0 Å². The second-order valence-electron chi connectivity index (χ2n) is 7.49. The number of carbonyl (C=O) groups is 2. The number of rotatable bonds is 6. The van der Waals surface area contributed by atoms with Crippen molar-refractivity contribution in [3.8, 4) is 6.07 Å². The number of nitrogens with zero attached hydrogens (tertiary/aromatic N) is 3. The monoisotopic (exact) mass is 377 g/mol. The fourth-order valence-electron chi connectivity index (χ4n) is 2.77. The Hall–Kier alpha value is -1.95. The van der Waals surface area contributed by atoms with Gasteiger partial charge in [-0.1, -0.05) is 0 Å². The van der Waals surface area contributed by atoms with Gasteiger partial charge in [0.1, 0.15) is 11.1 Å². The lowest BCUT2D eigenvalue weighted by molar-refractivity contribution is -0.124. The molecule has 2 N–H and O–H groups in total. The molecule has 8 heteroatoms. The third-order valence-electron chi connectivity index (χ3n) is 4.04. The fourth-order valence-corrected chi connectivity index (χ4v) is 3.53. The lowest BCUT2D eigenvalue weighted by Gasteiger charge is -2.34. The Bertz CT molecular complexity index is 666. The molecule has 0 atom stereocenters. The maximum Gasteiger partial charge on any atom is 0.234 e. The van der Waals surface area contributed by atoms with Gasteiger partial charge in [0.2, 0.25) is 11.8 Å². The van der Waals surface area contributed by atoms with Crippen LogP contribution < -0.4 is 10.6 Å². The van der Waals surface area contributed by atoms with E-state index in [1.54, 1.807) is 11.4 Å². The highest BCUT2D eigenvalue weighted by Crippen LogP contribution is 2.22. The second-order valence-corrected chi connectivity index (χ2v) is 8.41. The van der Waals surface area contributed by atoms with Crippen LogP contribution in [0.2, 0.25) is 0 Å². The highest BCUT2D eigenvalue weighted by Gasteiger charge is 2.21. The summed E-state index contributed by atoms with van der Waals surface area (Å²) >= 11 is 1.36. The van der Waals surface area contributed by atoms with Gasteiger partial charge in [-0.25, -0.2) is 0 Å². The standard InChI is InChI=1S/C18H27N5O2S/c1-18(2,3)21-16(25)13-23-9-7-22(8-10-23)6-4-15(24)20-17-14(12-19)5-11-26-17/h5,11H,4,6-10,13H2,1-3H3,(H,20,24)(H,21,25). The zero-order valence-corrected chi connectivity index (χ0v) is 16.5. The lowest BCUT2D eigenvalue weighted by atomic mass is 10.1. The van der Waals surface area contributed by atoms with Crippen LogP contribution in [0.1, 0.15) is 32.8 Å². The zero-order chi connectivity index (χ0) is 19.2. The van der Waals surface area contributed by atoms with E-state index in [0.717, 1.165) is 26.2 Å². The zero-order valence-electron chi connectivity index (χ0n) is 15.7. The number of hydrogen-bond acceptors (Lipinski definition) is 6. The minimum Gasteiger partial charge on any atom is -0.350 e. The minimum absolute atomic E-state index is 0.0505. The van der Waals surface area contributed by atoms with Gasteiger partial charge < -0.3 is 15.5 Å². The summed E-state index contributed by atoms with van der Waals surface area (Å²) < 4.78 is 0. The molecule has 7 nitrogen and oxygen atoms in total. The summed E-state index contributed by atoms with van der Waals surface area (Å²) in [6, 6.07) is 3.77. The molecule has 1 saturated heterocycles. The number of nitrogens with one attached hydrogen (secondary N) is 2. The number of anilines is 1. The van der Waals surface area contributed by atoms with Crippen molar-refractivity contribution in [2.45, 2.75) is 32.7 Å². The maximum atomic E-state index is 12.1. The van der Waals surface area contributed by atoms with Crippen LogP contribution in [-0.2, 0) is 9.59 Å². The van der Waals surface area contributed by atoms with Crippen molar-refractivity contribution in [2.75, 3.05) is 44.6 Å². The summed E-state index contributed by atoms with van der Waals surface area (Å²) in [4.78, 5) is 28.4. The molecule has 1 aliphatic rings. The van der Waals surface area contributed by atoms with E-state index in [1.807, 2.05) is 20.8 Å². The molecular formula is C18H27N5O2S. The molecular weight excluding hydrogens is 350 g/mol. The number of carbonyl (C=O) groups excluding carboxylic acids is 2. The number of hydrogen-bond donors (Lipinski definition) is 2. The molecule has 26 heavy (non-hydrogen) atoms. The molecule has 1 aromatic heterocycles. The van der Waals surface area contributed by atoms with Gasteiger partial charge in [-0.15, -0.1) is 11.3 Å². The number of thiophene rings is 1. The molecule has 0 unspecified atom stereocenters. The third kappa shape index (κ3) is 6.75. The predicted molar refractivity (Wildman–Crippen MR) is 103 cm³/mol. The van der Waals surface area contributed by atoms with Crippen LogP contribution in [0.5, 0.6) is 0 Å². The van der Waals surface area contributed by atoms with Crippen LogP contribution in [0.3, 0.4) is 0 Å². The molecule has 0 saturated carbocycles. The van der Waals surface area contributed by atoms with Gasteiger partial charge in [0, 0.05) is 44.7 Å². The van der Waals surface area contributed by atoms with E-state index < -0.39 is 0 Å². The van der Waals surface area contributed by atoms with Gasteiger partial charge in [-0.2, -0.15) is 5.26 Å². The van der Waals surface area contributed by atoms with E-state index in [1.165, 1.54) is 11.3 Å². The molecule has 0 radical (unpaired) electrons. The normalized spacial score (nSPS) is 16.1. The quantitative estimate of drug-likeness (QED) is 0.784. The Kier molecular flexibility index (Phi) is 7.14. The summed E-state index contributed by atoms with van der Waals surface area (Å²) in [6.07, 6.45) is 0.396. The molecule has 2 amide bonds. The summed E-state index contributed by atoms with van der Waals surface area (Å²) in [5, 5.41) is 17.2. The number of amides is 2. The molecule has 1 aliphatic heterocycles. The summed E-state index contributed by atoms with van der Waals surface area (Å²) in [5.41, 5.74) is 0.297. The maximum absolute atomic E-state index is 12.1. The SMILES string of the molecule is CC(C)(C)NC(=O)CN1CCN(CCC(=O)Nc2sccc2C#N)CC1. The molecule has 0 spiro atoms. The average Bonchev–Trinajstić information content (AvgIpc) is 2.99. The van der Waals surface area contributed by atoms with Crippen LogP contribution in [0.4, 0.5) is 5.00 Å². The summed E-state index contributed by atoms with van der Waals surface area (Å²) in [6.45, 7) is 10.4. The van der Waals surface area contributed by atoms with Gasteiger partial charge in [-0.05, 0) is 32.2 Å². The first-order chi connectivity index (χ1) is 12.3. The Morgan fingerprint density at radius 2 is 1.85 bits per heavy atom. The highest BCUT2D eigenvalue weighted by atomic mass is 32.1. The van der Waals surface area contributed by atoms with Crippen molar-refractivity contribution in [3.05, 3.63) is 17.0 Å². The molecule has 2 heterocycles. The molecule has 142 valence electrons. The largest absolute Gasteiger partial charge is 0.350 e. The van der Waals surface area contributed by atoms with Crippen LogP contribution >= 0.6 is 11.3 Å². The van der Waals surface area contributed by atoms with Crippen LogP contribution in [0, 0.1) is 11.3 Å². The van der Waals surface area contributed by atoms with E-state index in [4.69, 9.17) is 5.26 Å². The molecule has 0 aromatic carbocycles. The van der Waals surface area contributed by atoms with Gasteiger partial charge in [0.15, 0.2) is 0 Å². The Balaban J connectivity index is 1.66. The Morgan fingerprint density at radius 3 is 2.46 bits per heavy atom. The van der Waals surface area contributed by atoms with E-state index in [9.17, 15) is 9.59 Å². The van der Waals surface area contributed by atoms with Crippen molar-refractivity contribution in [1.29, 1.82) is 5.26 Å². The van der Waals surface area contributed by atoms with Gasteiger partial charge >= 0.3 is 0 Å². The number of nitriles is 1. The Morgan fingerprint density at radius 1 is 1.19 bits per heavy atom. The van der Waals surface area contributed by atoms with E-state index >= 15 is 0 Å². The average molecular weight is 378 g/mol. The lowest BCUT2D eigenvalue weighted by Crippen LogP contribution is -2.52. The molecule has 2 rings (SSSR count).